The van der Waals surface area contributed by atoms with Gasteiger partial charge in [-0.3, -0.25) is 9.59 Å². The van der Waals surface area contributed by atoms with E-state index in [1.807, 2.05) is 0 Å². The molecule has 5 heteroatoms. The molecule has 22 heavy (non-hydrogen) atoms. The number of halogens is 1. The van der Waals surface area contributed by atoms with Gasteiger partial charge < -0.3 is 10.2 Å². The van der Waals surface area contributed by atoms with Crippen LogP contribution in [0.4, 0.5) is 10.1 Å². The third-order valence-corrected chi connectivity index (χ3v) is 4.57. The average Bonchev–Trinajstić information content (AvgIpc) is 2.90. The number of nitrogens with zero attached hydrogens (tertiary/aromatic N) is 1. The minimum absolute atomic E-state index is 0.0425. The molecule has 3 rings (SSSR count). The van der Waals surface area contributed by atoms with Crippen molar-refractivity contribution < 1.29 is 14.0 Å². The Hall–Kier alpha value is -1.91. The van der Waals surface area contributed by atoms with Gasteiger partial charge in [-0.2, -0.15) is 0 Å². The number of hydrogen-bond acceptors (Lipinski definition) is 2. The minimum Gasteiger partial charge on any atom is -0.353 e. The molecule has 1 N–H and O–H groups in total. The molecule has 1 unspecified atom stereocenters. The van der Waals surface area contributed by atoms with Crippen LogP contribution in [0.1, 0.15) is 38.5 Å². The molecule has 1 aliphatic carbocycles. The molecule has 118 valence electrons. The van der Waals surface area contributed by atoms with Gasteiger partial charge in [0.1, 0.15) is 5.82 Å². The Balaban J connectivity index is 1.62. The van der Waals surface area contributed by atoms with Crippen molar-refractivity contribution in [3.63, 3.8) is 0 Å². The molecule has 0 bridgehead atoms. The molecule has 0 radical (unpaired) electrons. The lowest BCUT2D eigenvalue weighted by Crippen LogP contribution is -2.40. The third-order valence-electron chi connectivity index (χ3n) is 4.57. The lowest BCUT2D eigenvalue weighted by Gasteiger charge is -2.24. The molecule has 1 aromatic carbocycles. The van der Waals surface area contributed by atoms with Crippen molar-refractivity contribution in [1.82, 2.24) is 5.32 Å². The summed E-state index contributed by atoms with van der Waals surface area (Å²) in [4.78, 5) is 26.0. The fraction of sp³-hybridized carbons (Fsp3) is 0.529. The summed E-state index contributed by atoms with van der Waals surface area (Å²) < 4.78 is 13.3. The molecule has 2 aliphatic rings. The smallest absolute Gasteiger partial charge is 0.227 e. The molecule has 1 aliphatic heterocycles. The second-order valence-corrected chi connectivity index (χ2v) is 6.23. The number of carbonyl (C=O) groups is 2. The zero-order valence-corrected chi connectivity index (χ0v) is 12.6. The van der Waals surface area contributed by atoms with Crippen LogP contribution in [0.15, 0.2) is 24.3 Å². The summed E-state index contributed by atoms with van der Waals surface area (Å²) in [6, 6.07) is 6.20. The van der Waals surface area contributed by atoms with E-state index in [0.29, 0.717) is 12.2 Å². The second-order valence-electron chi connectivity index (χ2n) is 6.23. The van der Waals surface area contributed by atoms with Crippen molar-refractivity contribution in [1.29, 1.82) is 0 Å². The predicted molar refractivity (Wildman–Crippen MR) is 81.9 cm³/mol. The molecule has 1 saturated carbocycles. The molecule has 0 spiro atoms. The first-order valence-electron chi connectivity index (χ1n) is 8.00. The van der Waals surface area contributed by atoms with Crippen molar-refractivity contribution in [2.24, 2.45) is 5.92 Å². The van der Waals surface area contributed by atoms with Gasteiger partial charge in [0.25, 0.3) is 0 Å². The summed E-state index contributed by atoms with van der Waals surface area (Å²) in [5.74, 6) is -0.869. The zero-order valence-electron chi connectivity index (χ0n) is 12.6. The van der Waals surface area contributed by atoms with E-state index in [4.69, 9.17) is 0 Å². The van der Waals surface area contributed by atoms with Crippen molar-refractivity contribution >= 4 is 17.5 Å². The van der Waals surface area contributed by atoms with Gasteiger partial charge in [0.05, 0.1) is 5.92 Å². The van der Waals surface area contributed by atoms with Crippen LogP contribution >= 0.6 is 0 Å². The number of anilines is 1. The highest BCUT2D eigenvalue weighted by atomic mass is 19.1. The lowest BCUT2D eigenvalue weighted by atomic mass is 9.95. The van der Waals surface area contributed by atoms with Gasteiger partial charge in [-0.05, 0) is 31.0 Å². The number of nitrogens with one attached hydrogen (secondary N) is 1. The Morgan fingerprint density at radius 3 is 2.73 bits per heavy atom. The first-order valence-corrected chi connectivity index (χ1v) is 8.00. The molecule has 1 atom stereocenters. The fourth-order valence-electron chi connectivity index (χ4n) is 3.34. The van der Waals surface area contributed by atoms with Crippen molar-refractivity contribution in [3.05, 3.63) is 30.1 Å². The maximum atomic E-state index is 13.3. The van der Waals surface area contributed by atoms with Crippen LogP contribution in [0.5, 0.6) is 0 Å². The number of hydrogen-bond donors (Lipinski definition) is 1. The van der Waals surface area contributed by atoms with E-state index in [2.05, 4.69) is 5.32 Å². The van der Waals surface area contributed by atoms with Crippen LogP contribution in [0.2, 0.25) is 0 Å². The predicted octanol–water partition coefficient (Wildman–Crippen LogP) is 2.63. The maximum absolute atomic E-state index is 13.3. The Bertz CT molecular complexity index is 570. The summed E-state index contributed by atoms with van der Waals surface area (Å²) in [7, 11) is 0. The topological polar surface area (TPSA) is 49.4 Å². The van der Waals surface area contributed by atoms with Gasteiger partial charge in [0, 0.05) is 24.7 Å². The number of carbonyl (C=O) groups excluding carboxylic acids is 2. The van der Waals surface area contributed by atoms with E-state index in [1.54, 1.807) is 12.1 Å². The third kappa shape index (κ3) is 3.29. The molecule has 1 heterocycles. The van der Waals surface area contributed by atoms with Crippen LogP contribution in [-0.4, -0.2) is 24.4 Å². The van der Waals surface area contributed by atoms with E-state index in [-0.39, 0.29) is 36.0 Å². The first-order chi connectivity index (χ1) is 10.6. The van der Waals surface area contributed by atoms with Crippen LogP contribution in [-0.2, 0) is 9.59 Å². The van der Waals surface area contributed by atoms with Crippen molar-refractivity contribution in [3.8, 4) is 0 Å². The Kier molecular flexibility index (Phi) is 4.41. The summed E-state index contributed by atoms with van der Waals surface area (Å²) in [5.41, 5.74) is 0.526. The van der Waals surface area contributed by atoms with E-state index in [9.17, 15) is 14.0 Å². The van der Waals surface area contributed by atoms with Gasteiger partial charge in [-0.1, -0.05) is 25.3 Å². The van der Waals surface area contributed by atoms with E-state index >= 15 is 0 Å². The van der Waals surface area contributed by atoms with Crippen LogP contribution in [0, 0.1) is 11.7 Å². The monoisotopic (exact) mass is 304 g/mol. The standard InChI is InChI=1S/C17H21FN2O2/c18-13-5-4-8-15(10-13)20-11-12(9-16(20)21)17(22)19-14-6-2-1-3-7-14/h4-5,8,10,12,14H,1-3,6-7,9,11H2,(H,19,22). The van der Waals surface area contributed by atoms with Gasteiger partial charge in [0.2, 0.25) is 11.8 Å². The Morgan fingerprint density at radius 1 is 1.23 bits per heavy atom. The highest BCUT2D eigenvalue weighted by molar-refractivity contribution is 6.00. The molecule has 2 fully saturated rings. The van der Waals surface area contributed by atoms with E-state index < -0.39 is 0 Å². The highest BCUT2D eigenvalue weighted by Crippen LogP contribution is 2.26. The fourth-order valence-corrected chi connectivity index (χ4v) is 3.34. The summed E-state index contributed by atoms with van der Waals surface area (Å²) >= 11 is 0. The van der Waals surface area contributed by atoms with Crippen molar-refractivity contribution in [2.75, 3.05) is 11.4 Å². The Labute approximate surface area is 129 Å². The lowest BCUT2D eigenvalue weighted by molar-refractivity contribution is -0.127. The molecule has 4 nitrogen and oxygen atoms in total. The Morgan fingerprint density at radius 2 is 2.00 bits per heavy atom. The van der Waals surface area contributed by atoms with Gasteiger partial charge in [-0.15, -0.1) is 0 Å². The average molecular weight is 304 g/mol. The highest BCUT2D eigenvalue weighted by Gasteiger charge is 2.35. The summed E-state index contributed by atoms with van der Waals surface area (Å²) in [5, 5.41) is 3.07. The first kappa shape index (κ1) is 15.0. The molecule has 1 aromatic rings. The quantitative estimate of drug-likeness (QED) is 0.933. The van der Waals surface area contributed by atoms with Gasteiger partial charge in [0.15, 0.2) is 0 Å². The molecule has 2 amide bonds. The largest absolute Gasteiger partial charge is 0.353 e. The van der Waals surface area contributed by atoms with E-state index in [1.165, 1.54) is 23.5 Å². The second kappa shape index (κ2) is 6.46. The van der Waals surface area contributed by atoms with Crippen LogP contribution in [0.25, 0.3) is 0 Å². The van der Waals surface area contributed by atoms with E-state index in [0.717, 1.165) is 25.7 Å². The van der Waals surface area contributed by atoms with Crippen LogP contribution < -0.4 is 10.2 Å². The SMILES string of the molecule is O=C(NC1CCCCC1)C1CC(=O)N(c2cccc(F)c2)C1. The van der Waals surface area contributed by atoms with Gasteiger partial charge in [-0.25, -0.2) is 4.39 Å². The maximum Gasteiger partial charge on any atom is 0.227 e. The molecule has 1 saturated heterocycles. The normalized spacial score (nSPS) is 22.9. The summed E-state index contributed by atoms with van der Waals surface area (Å²) in [6.07, 6.45) is 5.81. The minimum atomic E-state index is -0.375. The van der Waals surface area contributed by atoms with Gasteiger partial charge >= 0.3 is 0 Å². The number of benzene rings is 1. The molecular weight excluding hydrogens is 283 g/mol. The molecular formula is C17H21FN2O2. The number of amides is 2. The van der Waals surface area contributed by atoms with Crippen molar-refractivity contribution in [2.45, 2.75) is 44.6 Å². The zero-order chi connectivity index (χ0) is 15.5. The summed E-state index contributed by atoms with van der Waals surface area (Å²) in [6.45, 7) is 0.334. The number of rotatable bonds is 3. The molecule has 0 aromatic heterocycles. The van der Waals surface area contributed by atoms with Crippen LogP contribution in [0.3, 0.4) is 0 Å².